The molecule has 0 saturated heterocycles. The first-order valence-electron chi connectivity index (χ1n) is 10.2. The average molecular weight is 376 g/mol. The van der Waals surface area contributed by atoms with Gasteiger partial charge in [0, 0.05) is 0 Å². The van der Waals surface area contributed by atoms with Crippen LogP contribution in [-0.4, -0.2) is 37.4 Å². The zero-order valence-electron chi connectivity index (χ0n) is 16.9. The maximum absolute atomic E-state index is 13.2. The molecule has 4 rings (SSSR count). The molecule has 27 heavy (non-hydrogen) atoms. The Morgan fingerprint density at radius 2 is 1.81 bits per heavy atom. The van der Waals surface area contributed by atoms with Crippen molar-refractivity contribution in [3.8, 4) is 0 Å². The number of hydrogen-bond acceptors (Lipinski definition) is 5. The number of hydrogen-bond donors (Lipinski definition) is 1. The molecule has 8 atom stereocenters. The normalized spacial score (nSPS) is 50.7. The molecule has 150 valence electrons. The van der Waals surface area contributed by atoms with Crippen LogP contribution in [0, 0.1) is 39.9 Å². The van der Waals surface area contributed by atoms with Gasteiger partial charge in [0.1, 0.15) is 0 Å². The molecule has 0 aromatic carbocycles. The van der Waals surface area contributed by atoms with Crippen LogP contribution >= 0.6 is 0 Å². The third-order valence-corrected chi connectivity index (χ3v) is 8.85. The molecule has 2 bridgehead atoms. The van der Waals surface area contributed by atoms with Gasteiger partial charge in [0.25, 0.3) is 0 Å². The Kier molecular flexibility index (Phi) is 4.09. The molecule has 0 heterocycles. The summed E-state index contributed by atoms with van der Waals surface area (Å²) in [5.41, 5.74) is -0.152. The summed E-state index contributed by atoms with van der Waals surface area (Å²) in [6, 6.07) is 0. The van der Waals surface area contributed by atoms with Crippen LogP contribution in [0.25, 0.3) is 0 Å². The lowest BCUT2D eigenvalue weighted by molar-refractivity contribution is -0.176. The van der Waals surface area contributed by atoms with Crippen LogP contribution in [0.5, 0.6) is 0 Å². The quantitative estimate of drug-likeness (QED) is 0.592. The number of carbonyl (C=O) groups excluding carboxylic acids is 2. The van der Waals surface area contributed by atoms with E-state index >= 15 is 0 Å². The minimum atomic E-state index is -0.897. The summed E-state index contributed by atoms with van der Waals surface area (Å²) >= 11 is 0. The largest absolute Gasteiger partial charge is 0.469 e. The summed E-state index contributed by atoms with van der Waals surface area (Å²) in [4.78, 5) is 26.1. The van der Waals surface area contributed by atoms with Gasteiger partial charge in [-0.2, -0.15) is 0 Å². The highest BCUT2D eigenvalue weighted by Crippen LogP contribution is 2.77. The molecule has 1 spiro atoms. The number of aliphatic hydroxyl groups excluding tert-OH is 1. The van der Waals surface area contributed by atoms with E-state index in [-0.39, 0.29) is 40.5 Å². The van der Waals surface area contributed by atoms with E-state index in [4.69, 9.17) is 9.47 Å². The van der Waals surface area contributed by atoms with Crippen molar-refractivity contribution < 1.29 is 24.2 Å². The fourth-order valence-corrected chi connectivity index (χ4v) is 8.34. The minimum Gasteiger partial charge on any atom is -0.469 e. The van der Waals surface area contributed by atoms with Crippen molar-refractivity contribution in [3.05, 3.63) is 12.2 Å². The molecular formula is C22H32O5. The van der Waals surface area contributed by atoms with E-state index in [1.807, 2.05) is 6.92 Å². The molecule has 4 fully saturated rings. The van der Waals surface area contributed by atoms with Gasteiger partial charge in [-0.05, 0) is 74.0 Å². The summed E-state index contributed by atoms with van der Waals surface area (Å²) < 4.78 is 10.5. The lowest BCUT2D eigenvalue weighted by Crippen LogP contribution is -2.54. The predicted molar refractivity (Wildman–Crippen MR) is 99.5 cm³/mol. The first-order valence-corrected chi connectivity index (χ1v) is 10.2. The lowest BCUT2D eigenvalue weighted by Gasteiger charge is -2.52. The van der Waals surface area contributed by atoms with E-state index in [1.165, 1.54) is 19.8 Å². The van der Waals surface area contributed by atoms with Crippen molar-refractivity contribution in [2.45, 2.75) is 58.5 Å². The average Bonchev–Trinajstić information content (AvgIpc) is 2.99. The van der Waals surface area contributed by atoms with Crippen LogP contribution in [0.3, 0.4) is 0 Å². The number of aliphatic hydroxyl groups is 1. The van der Waals surface area contributed by atoms with Gasteiger partial charge in [-0.25, -0.2) is 0 Å². The minimum absolute atomic E-state index is 0.192. The van der Waals surface area contributed by atoms with Crippen molar-refractivity contribution in [2.24, 2.45) is 39.9 Å². The Morgan fingerprint density at radius 3 is 2.44 bits per heavy atom. The van der Waals surface area contributed by atoms with E-state index in [1.54, 1.807) is 0 Å². The van der Waals surface area contributed by atoms with Crippen LogP contribution < -0.4 is 0 Å². The summed E-state index contributed by atoms with van der Waals surface area (Å²) in [7, 11) is 2.84. The highest BCUT2D eigenvalue weighted by molar-refractivity contribution is 5.81. The van der Waals surface area contributed by atoms with Gasteiger partial charge in [0.15, 0.2) is 0 Å². The fraction of sp³-hybridized carbons (Fsp3) is 0.818. The summed E-state index contributed by atoms with van der Waals surface area (Å²) in [6.45, 7) is 8.40. The van der Waals surface area contributed by atoms with E-state index in [9.17, 15) is 14.7 Å². The number of esters is 2. The first kappa shape index (κ1) is 19.0. The first-order chi connectivity index (χ1) is 12.6. The van der Waals surface area contributed by atoms with Gasteiger partial charge < -0.3 is 14.6 Å². The van der Waals surface area contributed by atoms with Gasteiger partial charge in [-0.3, -0.25) is 9.59 Å². The number of fused-ring (bicyclic) bond motifs is 3. The van der Waals surface area contributed by atoms with Gasteiger partial charge in [-0.15, -0.1) is 0 Å². The number of allylic oxidation sites excluding steroid dienone is 1. The maximum atomic E-state index is 13.2. The third kappa shape index (κ3) is 2.21. The smallest absolute Gasteiger partial charge is 0.311 e. The van der Waals surface area contributed by atoms with Crippen LogP contribution in [0.15, 0.2) is 12.2 Å². The molecule has 5 heteroatoms. The topological polar surface area (TPSA) is 72.8 Å². The SMILES string of the molecule is C=C1C[C@]23C[C@H]1CC[C@H]2[C@]1(C)C[C@H](O)C[C@@](C)(C(=O)OC)[C@H]1[C@@H]3C(=O)OC. The summed E-state index contributed by atoms with van der Waals surface area (Å²) in [5, 5.41) is 10.8. The molecule has 0 unspecified atom stereocenters. The van der Waals surface area contributed by atoms with E-state index in [0.717, 1.165) is 25.7 Å². The zero-order valence-corrected chi connectivity index (χ0v) is 16.9. The molecule has 1 N–H and O–H groups in total. The standard InChI is InChI=1S/C22H32O5/c1-12-8-22-9-13(12)6-7-15(22)20(2)10-14(23)11-21(3,19(25)27-5)17(20)16(22)18(24)26-4/h13-17,23H,1,6-11H2,2-5H3/t13-,14+,15+,16-,17+,20+,21-,22+/m1/s1. The highest BCUT2D eigenvalue weighted by atomic mass is 16.5. The maximum Gasteiger partial charge on any atom is 0.311 e. The Balaban J connectivity index is 1.93. The molecule has 0 amide bonds. The van der Waals surface area contributed by atoms with Gasteiger partial charge in [-0.1, -0.05) is 19.1 Å². The molecule has 5 nitrogen and oxygen atoms in total. The summed E-state index contributed by atoms with van der Waals surface area (Å²) in [5.74, 6) is -0.329. The van der Waals surface area contributed by atoms with Crippen LogP contribution in [0.1, 0.15) is 52.4 Å². The van der Waals surface area contributed by atoms with E-state index in [2.05, 4.69) is 13.5 Å². The molecule has 0 radical (unpaired) electrons. The van der Waals surface area contributed by atoms with Gasteiger partial charge in [0.05, 0.1) is 31.7 Å². The summed E-state index contributed by atoms with van der Waals surface area (Å²) in [6.07, 6.45) is 4.30. The van der Waals surface area contributed by atoms with Crippen LogP contribution in [-0.2, 0) is 19.1 Å². The second-order valence-electron chi connectivity index (χ2n) is 10.1. The molecular weight excluding hydrogens is 344 g/mol. The van der Waals surface area contributed by atoms with Gasteiger partial charge >= 0.3 is 11.9 Å². The molecule has 4 saturated carbocycles. The Bertz CT molecular complexity index is 701. The number of methoxy groups -OCH3 is 2. The molecule has 0 aromatic rings. The Hall–Kier alpha value is -1.36. The second kappa shape index (κ2) is 5.82. The van der Waals surface area contributed by atoms with Crippen LogP contribution in [0.2, 0.25) is 0 Å². The van der Waals surface area contributed by atoms with Gasteiger partial charge in [0.2, 0.25) is 0 Å². The number of rotatable bonds is 2. The Morgan fingerprint density at radius 1 is 1.11 bits per heavy atom. The van der Waals surface area contributed by atoms with Crippen molar-refractivity contribution in [1.29, 1.82) is 0 Å². The molecule has 0 aromatic heterocycles. The van der Waals surface area contributed by atoms with E-state index < -0.39 is 11.5 Å². The highest BCUT2D eigenvalue weighted by Gasteiger charge is 2.76. The molecule has 4 aliphatic rings. The van der Waals surface area contributed by atoms with E-state index in [0.29, 0.717) is 18.8 Å². The molecule has 4 aliphatic carbocycles. The van der Waals surface area contributed by atoms with Crippen molar-refractivity contribution >= 4 is 11.9 Å². The lowest BCUT2D eigenvalue weighted by atomic mass is 9.52. The Labute approximate surface area is 161 Å². The van der Waals surface area contributed by atoms with Crippen molar-refractivity contribution in [3.63, 3.8) is 0 Å². The third-order valence-electron chi connectivity index (χ3n) is 8.85. The number of ether oxygens (including phenoxy) is 2. The van der Waals surface area contributed by atoms with Crippen molar-refractivity contribution in [2.75, 3.05) is 14.2 Å². The fourth-order valence-electron chi connectivity index (χ4n) is 8.34. The monoisotopic (exact) mass is 376 g/mol. The van der Waals surface area contributed by atoms with Crippen molar-refractivity contribution in [1.82, 2.24) is 0 Å². The van der Waals surface area contributed by atoms with Crippen LogP contribution in [0.4, 0.5) is 0 Å². The predicted octanol–water partition coefficient (Wildman–Crippen LogP) is 3.11. The number of carbonyl (C=O) groups is 2. The second-order valence-corrected chi connectivity index (χ2v) is 10.1. The molecule has 0 aliphatic heterocycles. The zero-order chi connectivity index (χ0) is 19.8.